The number of nitrogens with zero attached hydrogens (tertiary/aromatic N) is 2. The highest BCUT2D eigenvalue weighted by Crippen LogP contribution is 2.38. The number of anilines is 1. The molecule has 1 unspecified atom stereocenters. The van der Waals surface area contributed by atoms with Crippen LogP contribution in [-0.2, 0) is 11.2 Å². The zero-order valence-electron chi connectivity index (χ0n) is 27.5. The number of nitrogens with one attached hydrogen (secondary N) is 1. The van der Waals surface area contributed by atoms with Gasteiger partial charge in [0.25, 0.3) is 0 Å². The van der Waals surface area contributed by atoms with E-state index in [9.17, 15) is 14.4 Å². The van der Waals surface area contributed by atoms with Crippen LogP contribution in [0.15, 0.2) is 90.2 Å². The number of esters is 1. The van der Waals surface area contributed by atoms with Gasteiger partial charge in [0.05, 0.1) is 26.9 Å². The Hall–Kier alpha value is -5.29. The number of fused-ring (bicyclic) bond motifs is 1. The van der Waals surface area contributed by atoms with Gasteiger partial charge >= 0.3 is 17.6 Å². The molecule has 3 aromatic rings. The molecular weight excluding hydrogens is 602 g/mol. The number of aryl methyl sites for hydroxylation is 1. The fourth-order valence-electron chi connectivity index (χ4n) is 5.13. The van der Waals surface area contributed by atoms with Gasteiger partial charge in [-0.15, -0.1) is 26.3 Å². The molecule has 47 heavy (non-hydrogen) atoms. The first-order chi connectivity index (χ1) is 22.6. The van der Waals surface area contributed by atoms with Gasteiger partial charge in [0.1, 0.15) is 11.7 Å². The molecule has 0 aliphatic carbocycles. The van der Waals surface area contributed by atoms with Crippen LogP contribution in [0.2, 0.25) is 0 Å². The van der Waals surface area contributed by atoms with Crippen LogP contribution in [-0.4, -0.2) is 82.0 Å². The lowest BCUT2D eigenvalue weighted by molar-refractivity contribution is 0.0220. The molecule has 1 heterocycles. The largest absolute Gasteiger partial charge is 0.493 e. The number of benzene rings is 2. The van der Waals surface area contributed by atoms with E-state index in [1.165, 1.54) is 38.4 Å². The van der Waals surface area contributed by atoms with Crippen LogP contribution in [0.3, 0.4) is 0 Å². The minimum absolute atomic E-state index is 0.0710. The van der Waals surface area contributed by atoms with Gasteiger partial charge in [0.2, 0.25) is 5.75 Å². The van der Waals surface area contributed by atoms with Crippen LogP contribution in [0.1, 0.15) is 21.5 Å². The first-order valence-electron chi connectivity index (χ1n) is 14.9. The summed E-state index contributed by atoms with van der Waals surface area (Å²) in [6.45, 7) is 18.8. The molecule has 0 aliphatic heterocycles. The van der Waals surface area contributed by atoms with Gasteiger partial charge in [-0.25, -0.2) is 14.4 Å². The van der Waals surface area contributed by atoms with Crippen molar-refractivity contribution in [2.45, 2.75) is 19.4 Å². The Balaban J connectivity index is 1.97. The predicted molar refractivity (Wildman–Crippen MR) is 184 cm³/mol. The highest BCUT2D eigenvalue weighted by Gasteiger charge is 2.25. The monoisotopic (exact) mass is 645 g/mol. The van der Waals surface area contributed by atoms with E-state index >= 15 is 0 Å². The molecule has 2 amide bonds. The molecule has 1 atom stereocenters. The first-order valence-corrected chi connectivity index (χ1v) is 14.9. The number of ether oxygens (including phenoxy) is 4. The second-order valence-corrected chi connectivity index (χ2v) is 10.6. The second kappa shape index (κ2) is 17.4. The van der Waals surface area contributed by atoms with Crippen molar-refractivity contribution in [1.82, 2.24) is 9.80 Å². The van der Waals surface area contributed by atoms with Crippen molar-refractivity contribution in [3.05, 3.63) is 108 Å². The Morgan fingerprint density at radius 1 is 0.894 bits per heavy atom. The Morgan fingerprint density at radius 3 is 2.02 bits per heavy atom. The minimum Gasteiger partial charge on any atom is -0.493 e. The standard InChI is InChI=1S/C36H43N3O8/c1-9-15-38(16-10-2)23-27(46-34(40)25-19-31(43-6)33(45-8)32(20-25)44-7)22-29-24(5)28-14-13-26(21-30(28)47-35(29)41)37-36(42)39(17-11-3)18-12-4/h9-14,19-21,27H,1-4,15-18,22-23H2,5-8H3,(H,37,42). The van der Waals surface area contributed by atoms with Crippen molar-refractivity contribution in [2.24, 2.45) is 0 Å². The number of methoxy groups -OCH3 is 3. The molecule has 0 saturated heterocycles. The van der Waals surface area contributed by atoms with Crippen molar-refractivity contribution >= 4 is 28.7 Å². The highest BCUT2D eigenvalue weighted by atomic mass is 16.5. The molecule has 11 nitrogen and oxygen atoms in total. The second-order valence-electron chi connectivity index (χ2n) is 10.6. The lowest BCUT2D eigenvalue weighted by Gasteiger charge is -2.26. The summed E-state index contributed by atoms with van der Waals surface area (Å²) in [4.78, 5) is 43.2. The molecule has 1 aromatic heterocycles. The maximum absolute atomic E-state index is 13.5. The molecule has 11 heteroatoms. The molecule has 0 spiro atoms. The topological polar surface area (TPSA) is 120 Å². The number of hydrogen-bond acceptors (Lipinski definition) is 9. The number of hydrogen-bond donors (Lipinski definition) is 1. The quantitative estimate of drug-likeness (QED) is 0.104. The molecular formula is C36H43N3O8. The van der Waals surface area contributed by atoms with Crippen LogP contribution in [0, 0.1) is 6.92 Å². The molecule has 2 aromatic carbocycles. The summed E-state index contributed by atoms with van der Waals surface area (Å²) < 4.78 is 28.0. The van der Waals surface area contributed by atoms with E-state index in [1.807, 2.05) is 11.8 Å². The van der Waals surface area contributed by atoms with Gasteiger partial charge in [-0.05, 0) is 36.8 Å². The molecule has 0 bridgehead atoms. The smallest absolute Gasteiger partial charge is 0.339 e. The summed E-state index contributed by atoms with van der Waals surface area (Å²) in [6, 6.07) is 7.77. The minimum atomic E-state index is -0.764. The van der Waals surface area contributed by atoms with Crippen molar-refractivity contribution in [3.8, 4) is 17.2 Å². The predicted octanol–water partition coefficient (Wildman–Crippen LogP) is 5.78. The summed E-state index contributed by atoms with van der Waals surface area (Å²) in [5.41, 5.74) is 1.39. The number of carbonyl (C=O) groups is 2. The number of urea groups is 1. The van der Waals surface area contributed by atoms with Crippen LogP contribution >= 0.6 is 0 Å². The lowest BCUT2D eigenvalue weighted by atomic mass is 10.0. The third-order valence-electron chi connectivity index (χ3n) is 7.37. The average Bonchev–Trinajstić information content (AvgIpc) is 3.05. The Kier molecular flexibility index (Phi) is 13.4. The van der Waals surface area contributed by atoms with Gasteiger partial charge < -0.3 is 33.6 Å². The van der Waals surface area contributed by atoms with Gasteiger partial charge in [0.15, 0.2) is 11.5 Å². The molecule has 0 radical (unpaired) electrons. The lowest BCUT2D eigenvalue weighted by Crippen LogP contribution is -2.38. The van der Waals surface area contributed by atoms with Crippen LogP contribution in [0.25, 0.3) is 11.0 Å². The summed E-state index contributed by atoms with van der Waals surface area (Å²) in [5.74, 6) is 0.290. The molecule has 1 N–H and O–H groups in total. The Morgan fingerprint density at radius 2 is 1.49 bits per heavy atom. The third kappa shape index (κ3) is 9.14. The molecule has 0 saturated carbocycles. The van der Waals surface area contributed by atoms with Crippen LogP contribution < -0.4 is 25.2 Å². The van der Waals surface area contributed by atoms with E-state index in [0.29, 0.717) is 71.2 Å². The molecule has 250 valence electrons. The van der Waals surface area contributed by atoms with Crippen molar-refractivity contribution in [3.63, 3.8) is 0 Å². The van der Waals surface area contributed by atoms with E-state index < -0.39 is 17.7 Å². The van der Waals surface area contributed by atoms with E-state index in [1.54, 1.807) is 42.5 Å². The molecule has 0 aliphatic rings. The number of carbonyl (C=O) groups excluding carboxylic acids is 2. The SMILES string of the molecule is C=CCN(CC=C)CC(Cc1c(C)c2ccc(NC(=O)N(CC=C)CC=C)cc2oc1=O)OC(=O)c1cc(OC)c(OC)c(OC)c1. The average molecular weight is 646 g/mol. The van der Waals surface area contributed by atoms with Gasteiger partial charge in [-0.3, -0.25) is 4.90 Å². The third-order valence-corrected chi connectivity index (χ3v) is 7.37. The summed E-state index contributed by atoms with van der Waals surface area (Å²) in [7, 11) is 4.38. The van der Waals surface area contributed by atoms with Gasteiger partial charge in [-0.1, -0.05) is 24.3 Å². The molecule has 0 fully saturated rings. The number of amides is 2. The van der Waals surface area contributed by atoms with E-state index in [2.05, 4.69) is 31.6 Å². The number of rotatable bonds is 18. The first kappa shape index (κ1) is 36.2. The normalized spacial score (nSPS) is 11.3. The van der Waals surface area contributed by atoms with Gasteiger partial charge in [-0.2, -0.15) is 0 Å². The summed E-state index contributed by atoms with van der Waals surface area (Å²) >= 11 is 0. The fraction of sp³-hybridized carbons (Fsp3) is 0.306. The molecule has 3 rings (SSSR count). The zero-order chi connectivity index (χ0) is 34.5. The zero-order valence-corrected chi connectivity index (χ0v) is 27.5. The fourth-order valence-corrected chi connectivity index (χ4v) is 5.13. The summed E-state index contributed by atoms with van der Waals surface area (Å²) in [6.07, 6.45) is 6.03. The van der Waals surface area contributed by atoms with Gasteiger partial charge in [0, 0.05) is 61.8 Å². The van der Waals surface area contributed by atoms with E-state index in [4.69, 9.17) is 23.4 Å². The van der Waals surface area contributed by atoms with Crippen molar-refractivity contribution < 1.29 is 33.0 Å². The van der Waals surface area contributed by atoms with E-state index in [0.717, 1.165) is 0 Å². The van der Waals surface area contributed by atoms with Crippen LogP contribution in [0.4, 0.5) is 10.5 Å². The highest BCUT2D eigenvalue weighted by molar-refractivity contribution is 5.93. The van der Waals surface area contributed by atoms with Crippen molar-refractivity contribution in [2.75, 3.05) is 59.4 Å². The van der Waals surface area contributed by atoms with Crippen LogP contribution in [0.5, 0.6) is 17.2 Å². The Labute approximate surface area is 275 Å². The maximum atomic E-state index is 13.5. The maximum Gasteiger partial charge on any atom is 0.339 e. The Bertz CT molecular complexity index is 1630. The van der Waals surface area contributed by atoms with E-state index in [-0.39, 0.29) is 24.6 Å². The van der Waals surface area contributed by atoms with Crippen molar-refractivity contribution in [1.29, 1.82) is 0 Å². The summed E-state index contributed by atoms with van der Waals surface area (Å²) in [5, 5.41) is 3.50.